The van der Waals surface area contributed by atoms with E-state index in [9.17, 15) is 5.11 Å². The molecule has 0 unspecified atom stereocenters. The van der Waals surface area contributed by atoms with Crippen molar-refractivity contribution in [1.29, 1.82) is 0 Å². The van der Waals surface area contributed by atoms with Crippen LogP contribution in [0.3, 0.4) is 0 Å². The monoisotopic (exact) mass is 224 g/mol. The van der Waals surface area contributed by atoms with Crippen LogP contribution in [0.1, 0.15) is 5.56 Å². The summed E-state index contributed by atoms with van der Waals surface area (Å²) in [4.78, 5) is 0. The van der Waals surface area contributed by atoms with Gasteiger partial charge in [0.15, 0.2) is 11.6 Å². The van der Waals surface area contributed by atoms with Gasteiger partial charge >= 0.3 is 0 Å². The molecular formula is C10H9ClN2O2. The molecule has 0 aliphatic rings. The molecule has 0 saturated carbocycles. The number of anilines is 1. The minimum Gasteiger partial charge on any atom is -0.506 e. The Hall–Kier alpha value is -1.68. The Bertz CT molecular complexity index is 508. The molecule has 3 N–H and O–H groups in total. The molecule has 1 aromatic carbocycles. The van der Waals surface area contributed by atoms with Gasteiger partial charge in [0.25, 0.3) is 0 Å². The number of hydrogen-bond donors (Lipinski definition) is 2. The van der Waals surface area contributed by atoms with Crippen LogP contribution in [-0.4, -0.2) is 10.3 Å². The molecule has 0 fully saturated rings. The van der Waals surface area contributed by atoms with E-state index >= 15 is 0 Å². The molecule has 5 heteroatoms. The van der Waals surface area contributed by atoms with E-state index in [4.69, 9.17) is 21.9 Å². The van der Waals surface area contributed by atoms with Crippen molar-refractivity contribution in [2.75, 3.05) is 5.73 Å². The fourth-order valence-electron chi connectivity index (χ4n) is 1.28. The second-order valence-corrected chi connectivity index (χ2v) is 3.59. The number of nitrogens with two attached hydrogens (primary N) is 1. The number of hydrogen-bond acceptors (Lipinski definition) is 4. The van der Waals surface area contributed by atoms with Crippen molar-refractivity contribution in [2.24, 2.45) is 0 Å². The number of aromatic nitrogens is 1. The largest absolute Gasteiger partial charge is 0.506 e. The first-order chi connectivity index (χ1) is 7.09. The summed E-state index contributed by atoms with van der Waals surface area (Å²) in [7, 11) is 0. The molecule has 1 aromatic heterocycles. The van der Waals surface area contributed by atoms with Crippen LogP contribution in [0.5, 0.6) is 5.75 Å². The average Bonchev–Trinajstić information content (AvgIpc) is 2.61. The Morgan fingerprint density at radius 1 is 1.47 bits per heavy atom. The fourth-order valence-corrected chi connectivity index (χ4v) is 1.44. The maximum Gasteiger partial charge on any atom is 0.172 e. The number of phenolic OH excluding ortho intramolecular Hbond substituents is 1. The highest BCUT2D eigenvalue weighted by Gasteiger charge is 2.13. The van der Waals surface area contributed by atoms with E-state index in [1.54, 1.807) is 19.1 Å². The SMILES string of the molecule is Cc1ccc(-c2cc(N)no2)c(O)c1Cl. The first-order valence-corrected chi connectivity index (χ1v) is 4.68. The van der Waals surface area contributed by atoms with Gasteiger partial charge in [-0.05, 0) is 18.6 Å². The minimum atomic E-state index is -0.0205. The molecule has 0 atom stereocenters. The van der Waals surface area contributed by atoms with Gasteiger partial charge in [0.05, 0.1) is 10.6 Å². The third kappa shape index (κ3) is 1.64. The minimum absolute atomic E-state index is 0.0205. The van der Waals surface area contributed by atoms with Gasteiger partial charge in [-0.25, -0.2) is 0 Å². The normalized spacial score (nSPS) is 10.5. The molecule has 1 heterocycles. The molecule has 0 bridgehead atoms. The summed E-state index contributed by atoms with van der Waals surface area (Å²) in [5.41, 5.74) is 6.69. The molecular weight excluding hydrogens is 216 g/mol. The lowest BCUT2D eigenvalue weighted by Gasteiger charge is -2.04. The number of nitrogen functional groups attached to an aromatic ring is 1. The topological polar surface area (TPSA) is 72.3 Å². The Morgan fingerprint density at radius 2 is 2.20 bits per heavy atom. The van der Waals surface area contributed by atoms with Crippen LogP contribution < -0.4 is 5.73 Å². The molecule has 0 aliphatic carbocycles. The van der Waals surface area contributed by atoms with Crippen molar-refractivity contribution < 1.29 is 9.63 Å². The Morgan fingerprint density at radius 3 is 2.80 bits per heavy atom. The van der Waals surface area contributed by atoms with Gasteiger partial charge in [-0.2, -0.15) is 0 Å². The highest BCUT2D eigenvalue weighted by Crippen LogP contribution is 2.37. The van der Waals surface area contributed by atoms with E-state index in [2.05, 4.69) is 5.16 Å². The first-order valence-electron chi connectivity index (χ1n) is 4.30. The van der Waals surface area contributed by atoms with Crippen molar-refractivity contribution in [2.45, 2.75) is 6.92 Å². The molecule has 0 spiro atoms. The summed E-state index contributed by atoms with van der Waals surface area (Å²) >= 11 is 5.90. The van der Waals surface area contributed by atoms with Crippen molar-refractivity contribution >= 4 is 17.4 Å². The van der Waals surface area contributed by atoms with Crippen molar-refractivity contribution in [1.82, 2.24) is 5.16 Å². The van der Waals surface area contributed by atoms with Gasteiger partial charge in [-0.3, -0.25) is 0 Å². The van der Waals surface area contributed by atoms with Crippen LogP contribution in [0.4, 0.5) is 5.82 Å². The average molecular weight is 225 g/mol. The number of rotatable bonds is 1. The third-order valence-electron chi connectivity index (χ3n) is 2.10. The number of aromatic hydroxyl groups is 1. The Labute approximate surface area is 91.3 Å². The fraction of sp³-hybridized carbons (Fsp3) is 0.100. The quantitative estimate of drug-likeness (QED) is 0.781. The van der Waals surface area contributed by atoms with Crippen LogP contribution in [0.25, 0.3) is 11.3 Å². The molecule has 2 aromatic rings. The standard InChI is InChI=1S/C10H9ClN2O2/c1-5-2-3-6(10(14)9(5)11)7-4-8(12)13-15-7/h2-4,14H,1H3,(H2,12,13). The number of halogens is 1. The molecule has 2 rings (SSSR count). The summed E-state index contributed by atoms with van der Waals surface area (Å²) in [6.07, 6.45) is 0. The van der Waals surface area contributed by atoms with Gasteiger partial charge in [0.1, 0.15) is 5.75 Å². The van der Waals surface area contributed by atoms with E-state index in [0.29, 0.717) is 16.3 Å². The number of aryl methyl sites for hydroxylation is 1. The van der Waals surface area contributed by atoms with Crippen molar-refractivity contribution in [3.05, 3.63) is 28.8 Å². The smallest absolute Gasteiger partial charge is 0.172 e. The zero-order valence-corrected chi connectivity index (χ0v) is 8.75. The summed E-state index contributed by atoms with van der Waals surface area (Å²) < 4.78 is 4.93. The first kappa shape index (κ1) is 9.86. The maximum absolute atomic E-state index is 9.78. The molecule has 78 valence electrons. The van der Waals surface area contributed by atoms with Crippen molar-refractivity contribution in [3.63, 3.8) is 0 Å². The van der Waals surface area contributed by atoms with Gasteiger partial charge in [-0.15, -0.1) is 0 Å². The lowest BCUT2D eigenvalue weighted by atomic mass is 10.1. The highest BCUT2D eigenvalue weighted by molar-refractivity contribution is 6.33. The summed E-state index contributed by atoms with van der Waals surface area (Å²) in [5.74, 6) is 0.640. The highest BCUT2D eigenvalue weighted by atomic mass is 35.5. The second-order valence-electron chi connectivity index (χ2n) is 3.21. The van der Waals surface area contributed by atoms with Gasteiger partial charge in [0.2, 0.25) is 0 Å². The molecule has 0 aliphatic heterocycles. The Balaban J connectivity index is 2.59. The van der Waals surface area contributed by atoms with Crippen LogP contribution in [0, 0.1) is 6.92 Å². The van der Waals surface area contributed by atoms with Crippen LogP contribution in [0.2, 0.25) is 5.02 Å². The zero-order valence-electron chi connectivity index (χ0n) is 7.99. The van der Waals surface area contributed by atoms with E-state index in [0.717, 1.165) is 5.56 Å². The van der Waals surface area contributed by atoms with Crippen LogP contribution >= 0.6 is 11.6 Å². The third-order valence-corrected chi connectivity index (χ3v) is 2.58. The molecule has 0 saturated heterocycles. The summed E-state index contributed by atoms with van der Waals surface area (Å²) in [6.45, 7) is 1.81. The lowest BCUT2D eigenvalue weighted by Crippen LogP contribution is -1.82. The summed E-state index contributed by atoms with van der Waals surface area (Å²) in [5, 5.41) is 13.6. The lowest BCUT2D eigenvalue weighted by molar-refractivity contribution is 0.429. The van der Waals surface area contributed by atoms with Crippen LogP contribution in [0.15, 0.2) is 22.7 Å². The van der Waals surface area contributed by atoms with E-state index in [-0.39, 0.29) is 11.6 Å². The molecule has 0 radical (unpaired) electrons. The Kier molecular flexibility index (Phi) is 2.28. The number of nitrogens with zero attached hydrogens (tertiary/aromatic N) is 1. The molecule has 0 amide bonds. The van der Waals surface area contributed by atoms with Gasteiger partial charge < -0.3 is 15.4 Å². The van der Waals surface area contributed by atoms with E-state index in [1.807, 2.05) is 0 Å². The van der Waals surface area contributed by atoms with E-state index < -0.39 is 0 Å². The molecule has 15 heavy (non-hydrogen) atoms. The predicted octanol–water partition coefficient (Wildman–Crippen LogP) is 2.59. The summed E-state index contributed by atoms with van der Waals surface area (Å²) in [6, 6.07) is 5.02. The number of phenols is 1. The van der Waals surface area contributed by atoms with Gasteiger partial charge in [-0.1, -0.05) is 22.8 Å². The van der Waals surface area contributed by atoms with Crippen molar-refractivity contribution in [3.8, 4) is 17.1 Å². The predicted molar refractivity (Wildman–Crippen MR) is 57.8 cm³/mol. The molecule has 4 nitrogen and oxygen atoms in total. The second kappa shape index (κ2) is 3.47. The maximum atomic E-state index is 9.78. The van der Waals surface area contributed by atoms with E-state index in [1.165, 1.54) is 6.07 Å². The number of benzene rings is 1. The zero-order chi connectivity index (χ0) is 11.0. The van der Waals surface area contributed by atoms with Crippen LogP contribution in [-0.2, 0) is 0 Å². The van der Waals surface area contributed by atoms with Gasteiger partial charge in [0, 0.05) is 6.07 Å².